The van der Waals surface area contributed by atoms with Crippen molar-refractivity contribution < 1.29 is 18.0 Å². The van der Waals surface area contributed by atoms with Crippen LogP contribution in [0.1, 0.15) is 31.9 Å². The van der Waals surface area contributed by atoms with Crippen LogP contribution in [0.5, 0.6) is 0 Å². The summed E-state index contributed by atoms with van der Waals surface area (Å²) in [5.41, 5.74) is 1.96. The number of carbonyl (C=O) groups excluding carboxylic acids is 2. The molecule has 2 amide bonds. The molecule has 3 aromatic rings. The van der Waals surface area contributed by atoms with Crippen LogP contribution in [0.2, 0.25) is 10.0 Å². The van der Waals surface area contributed by atoms with Gasteiger partial charge < -0.3 is 10.2 Å². The molecule has 0 saturated carbocycles. The summed E-state index contributed by atoms with van der Waals surface area (Å²) < 4.78 is 28.6. The standard InChI is InChI=1S/C28H31Cl2N3O4S/c1-19(2)31-28(35)21(4)32(17-22-6-5-7-24(30)16-22)27(34)18-33(25-12-8-20(3)9-13-25)38(36,37)26-14-10-23(29)11-15-26/h5-16,19,21H,17-18H2,1-4H3,(H,31,35). The van der Waals surface area contributed by atoms with Crippen molar-refractivity contribution in [3.63, 3.8) is 0 Å². The molecule has 0 aliphatic rings. The molecule has 202 valence electrons. The van der Waals surface area contributed by atoms with Gasteiger partial charge in [0, 0.05) is 22.6 Å². The first-order valence-electron chi connectivity index (χ1n) is 12.1. The largest absolute Gasteiger partial charge is 0.352 e. The second-order valence-corrected chi connectivity index (χ2v) is 12.0. The lowest BCUT2D eigenvalue weighted by atomic mass is 10.1. The highest BCUT2D eigenvalue weighted by Gasteiger charge is 2.32. The molecule has 0 radical (unpaired) electrons. The van der Waals surface area contributed by atoms with Crippen LogP contribution in [-0.2, 0) is 26.2 Å². The molecule has 0 saturated heterocycles. The van der Waals surface area contributed by atoms with Crippen molar-refractivity contribution in [1.29, 1.82) is 0 Å². The fourth-order valence-corrected chi connectivity index (χ4v) is 5.55. The van der Waals surface area contributed by atoms with E-state index in [1.54, 1.807) is 55.5 Å². The van der Waals surface area contributed by atoms with E-state index in [4.69, 9.17) is 23.2 Å². The quantitative estimate of drug-likeness (QED) is 0.348. The Morgan fingerprint density at radius 2 is 1.53 bits per heavy atom. The number of nitrogens with zero attached hydrogens (tertiary/aromatic N) is 2. The molecule has 0 aromatic heterocycles. The zero-order valence-corrected chi connectivity index (χ0v) is 24.0. The second kappa shape index (κ2) is 12.7. The lowest BCUT2D eigenvalue weighted by molar-refractivity contribution is -0.139. The Morgan fingerprint density at radius 1 is 0.895 bits per heavy atom. The molecular formula is C28H31Cl2N3O4S. The fourth-order valence-electron chi connectivity index (χ4n) is 3.79. The number of aryl methyl sites for hydroxylation is 1. The maximum Gasteiger partial charge on any atom is 0.264 e. The molecule has 0 heterocycles. The van der Waals surface area contributed by atoms with Crippen LogP contribution in [0, 0.1) is 6.92 Å². The van der Waals surface area contributed by atoms with E-state index in [-0.39, 0.29) is 23.4 Å². The zero-order chi connectivity index (χ0) is 28.0. The Morgan fingerprint density at radius 3 is 2.11 bits per heavy atom. The van der Waals surface area contributed by atoms with E-state index in [0.29, 0.717) is 21.3 Å². The molecule has 1 atom stereocenters. The number of amides is 2. The van der Waals surface area contributed by atoms with E-state index in [2.05, 4.69) is 5.32 Å². The zero-order valence-electron chi connectivity index (χ0n) is 21.7. The minimum absolute atomic E-state index is 0.0118. The van der Waals surface area contributed by atoms with Gasteiger partial charge in [0.1, 0.15) is 12.6 Å². The molecule has 7 nitrogen and oxygen atoms in total. The highest BCUT2D eigenvalue weighted by atomic mass is 35.5. The number of halogens is 2. The van der Waals surface area contributed by atoms with Gasteiger partial charge in [-0.1, -0.05) is 53.0 Å². The molecule has 3 rings (SSSR count). The molecule has 0 aliphatic heterocycles. The third kappa shape index (κ3) is 7.49. The average Bonchev–Trinajstić information content (AvgIpc) is 2.86. The number of hydrogen-bond donors (Lipinski definition) is 1. The Labute approximate surface area is 234 Å². The first-order valence-corrected chi connectivity index (χ1v) is 14.3. The Kier molecular flexibility index (Phi) is 9.82. The van der Waals surface area contributed by atoms with E-state index in [1.807, 2.05) is 20.8 Å². The van der Waals surface area contributed by atoms with Crippen LogP contribution in [0.25, 0.3) is 0 Å². The van der Waals surface area contributed by atoms with Crippen molar-refractivity contribution in [3.8, 4) is 0 Å². The van der Waals surface area contributed by atoms with E-state index in [9.17, 15) is 18.0 Å². The number of rotatable bonds is 10. The normalized spacial score (nSPS) is 12.2. The van der Waals surface area contributed by atoms with Gasteiger partial charge in [0.15, 0.2) is 0 Å². The van der Waals surface area contributed by atoms with Gasteiger partial charge in [-0.3, -0.25) is 13.9 Å². The number of benzene rings is 3. The lowest BCUT2D eigenvalue weighted by Gasteiger charge is -2.32. The summed E-state index contributed by atoms with van der Waals surface area (Å²) in [5.74, 6) is -0.896. The van der Waals surface area contributed by atoms with Crippen LogP contribution in [-0.4, -0.2) is 43.8 Å². The Balaban J connectivity index is 2.02. The van der Waals surface area contributed by atoms with Gasteiger partial charge in [0.25, 0.3) is 10.0 Å². The third-order valence-corrected chi connectivity index (χ3v) is 8.12. The molecular weight excluding hydrogens is 545 g/mol. The molecule has 0 spiro atoms. The third-order valence-electron chi connectivity index (χ3n) is 5.84. The molecule has 10 heteroatoms. The summed E-state index contributed by atoms with van der Waals surface area (Å²) in [7, 11) is -4.15. The van der Waals surface area contributed by atoms with E-state index < -0.39 is 28.5 Å². The number of anilines is 1. The highest BCUT2D eigenvalue weighted by molar-refractivity contribution is 7.92. The molecule has 3 aromatic carbocycles. The SMILES string of the molecule is Cc1ccc(N(CC(=O)N(Cc2cccc(Cl)c2)C(C)C(=O)NC(C)C)S(=O)(=O)c2ccc(Cl)cc2)cc1. The Hall–Kier alpha value is -3.07. The minimum atomic E-state index is -4.15. The van der Waals surface area contributed by atoms with Crippen molar-refractivity contribution in [2.45, 2.75) is 51.2 Å². The number of hydrogen-bond acceptors (Lipinski definition) is 4. The van der Waals surface area contributed by atoms with E-state index in [0.717, 1.165) is 9.87 Å². The van der Waals surface area contributed by atoms with Crippen molar-refractivity contribution >= 4 is 50.7 Å². The van der Waals surface area contributed by atoms with Crippen molar-refractivity contribution in [3.05, 3.63) is 94.0 Å². The van der Waals surface area contributed by atoms with Crippen LogP contribution >= 0.6 is 23.2 Å². The summed E-state index contributed by atoms with van der Waals surface area (Å²) in [6.45, 7) is 6.69. The van der Waals surface area contributed by atoms with Gasteiger partial charge in [-0.15, -0.1) is 0 Å². The van der Waals surface area contributed by atoms with Gasteiger partial charge in [0.05, 0.1) is 10.6 Å². The van der Waals surface area contributed by atoms with Crippen LogP contribution in [0.15, 0.2) is 77.7 Å². The summed E-state index contributed by atoms with van der Waals surface area (Å²) >= 11 is 12.1. The first kappa shape index (κ1) is 29.5. The number of nitrogens with one attached hydrogen (secondary N) is 1. The Bertz CT molecular complexity index is 1380. The molecule has 0 fully saturated rings. The number of carbonyl (C=O) groups is 2. The summed E-state index contributed by atoms with van der Waals surface area (Å²) in [6, 6.07) is 18.5. The fraction of sp³-hybridized carbons (Fsp3) is 0.286. The summed E-state index contributed by atoms with van der Waals surface area (Å²) in [4.78, 5) is 28.1. The van der Waals surface area contributed by atoms with Gasteiger partial charge in [-0.05, 0) is 81.8 Å². The predicted octanol–water partition coefficient (Wildman–Crippen LogP) is 5.44. The highest BCUT2D eigenvalue weighted by Crippen LogP contribution is 2.26. The van der Waals surface area contributed by atoms with Gasteiger partial charge >= 0.3 is 0 Å². The minimum Gasteiger partial charge on any atom is -0.352 e. The lowest BCUT2D eigenvalue weighted by Crippen LogP contribution is -2.52. The van der Waals surface area contributed by atoms with E-state index in [1.165, 1.54) is 29.2 Å². The van der Waals surface area contributed by atoms with Crippen LogP contribution < -0.4 is 9.62 Å². The number of sulfonamides is 1. The summed E-state index contributed by atoms with van der Waals surface area (Å²) in [6.07, 6.45) is 0. The van der Waals surface area contributed by atoms with Crippen LogP contribution in [0.3, 0.4) is 0 Å². The molecule has 1 N–H and O–H groups in total. The molecule has 38 heavy (non-hydrogen) atoms. The van der Waals surface area contributed by atoms with Crippen LogP contribution in [0.4, 0.5) is 5.69 Å². The second-order valence-electron chi connectivity index (χ2n) is 9.29. The van der Waals surface area contributed by atoms with Crippen molar-refractivity contribution in [1.82, 2.24) is 10.2 Å². The molecule has 1 unspecified atom stereocenters. The average molecular weight is 577 g/mol. The molecule has 0 bridgehead atoms. The smallest absolute Gasteiger partial charge is 0.264 e. The van der Waals surface area contributed by atoms with E-state index >= 15 is 0 Å². The topological polar surface area (TPSA) is 86.8 Å². The van der Waals surface area contributed by atoms with Gasteiger partial charge in [-0.25, -0.2) is 8.42 Å². The van der Waals surface area contributed by atoms with Gasteiger partial charge in [-0.2, -0.15) is 0 Å². The van der Waals surface area contributed by atoms with Gasteiger partial charge in [0.2, 0.25) is 11.8 Å². The van der Waals surface area contributed by atoms with Crippen molar-refractivity contribution in [2.75, 3.05) is 10.8 Å². The summed E-state index contributed by atoms with van der Waals surface area (Å²) in [5, 5.41) is 3.70. The maximum absolute atomic E-state index is 13.8. The maximum atomic E-state index is 13.8. The predicted molar refractivity (Wildman–Crippen MR) is 152 cm³/mol. The molecule has 0 aliphatic carbocycles. The van der Waals surface area contributed by atoms with Crippen molar-refractivity contribution in [2.24, 2.45) is 0 Å². The first-order chi connectivity index (χ1) is 17.9. The monoisotopic (exact) mass is 575 g/mol.